The molecule has 3 aromatic rings. The quantitative estimate of drug-likeness (QED) is 0.555. The van der Waals surface area contributed by atoms with Crippen LogP contribution >= 0.6 is 11.6 Å². The van der Waals surface area contributed by atoms with E-state index in [1.165, 1.54) is 11.6 Å². The fourth-order valence-corrected chi connectivity index (χ4v) is 2.36. The lowest BCUT2D eigenvalue weighted by atomic mass is 10.2. The molecule has 5 heteroatoms. The molecular weight excluding hydrogens is 322 g/mol. The highest BCUT2D eigenvalue weighted by molar-refractivity contribution is 6.30. The molecule has 0 bridgehead atoms. The highest BCUT2D eigenvalue weighted by Gasteiger charge is 2.03. The zero-order valence-corrected chi connectivity index (χ0v) is 13.6. The van der Waals surface area contributed by atoms with Gasteiger partial charge in [0.05, 0.1) is 5.69 Å². The summed E-state index contributed by atoms with van der Waals surface area (Å²) in [6, 6.07) is 22.5. The van der Waals surface area contributed by atoms with Gasteiger partial charge < -0.3 is 10.4 Å². The molecule has 0 amide bonds. The lowest BCUT2D eigenvalue weighted by Crippen LogP contribution is -1.98. The number of azo groups is 1. The van der Waals surface area contributed by atoms with Crippen LogP contribution in [0.4, 0.5) is 17.1 Å². The lowest BCUT2D eigenvalue weighted by molar-refractivity contribution is 0.476. The summed E-state index contributed by atoms with van der Waals surface area (Å²) >= 11 is 5.82. The Balaban J connectivity index is 1.77. The largest absolute Gasteiger partial charge is 0.506 e. The van der Waals surface area contributed by atoms with E-state index in [4.69, 9.17) is 11.6 Å². The highest BCUT2D eigenvalue weighted by Crippen LogP contribution is 2.32. The van der Waals surface area contributed by atoms with E-state index in [1.807, 2.05) is 42.5 Å². The van der Waals surface area contributed by atoms with Crippen LogP contribution in [0.15, 0.2) is 83.0 Å². The number of aromatic hydroxyl groups is 1. The molecule has 0 saturated carbocycles. The molecule has 3 rings (SSSR count). The predicted molar refractivity (Wildman–Crippen MR) is 97.5 cm³/mol. The molecule has 0 saturated heterocycles. The summed E-state index contributed by atoms with van der Waals surface area (Å²) < 4.78 is 0. The third kappa shape index (κ3) is 4.12. The molecule has 0 aliphatic rings. The number of nitrogens with one attached hydrogen (secondary N) is 1. The third-order valence-electron chi connectivity index (χ3n) is 3.43. The van der Waals surface area contributed by atoms with Gasteiger partial charge in [-0.25, -0.2) is 0 Å². The summed E-state index contributed by atoms with van der Waals surface area (Å²) in [4.78, 5) is 0. The molecule has 24 heavy (non-hydrogen) atoms. The van der Waals surface area contributed by atoms with Gasteiger partial charge in [-0.1, -0.05) is 54.1 Å². The van der Waals surface area contributed by atoms with Gasteiger partial charge in [-0.2, -0.15) is 0 Å². The van der Waals surface area contributed by atoms with Crippen molar-refractivity contribution in [3.8, 4) is 5.75 Å². The number of benzene rings is 3. The molecule has 0 spiro atoms. The second-order valence-electron chi connectivity index (χ2n) is 5.19. The van der Waals surface area contributed by atoms with Crippen LogP contribution in [0.5, 0.6) is 5.75 Å². The van der Waals surface area contributed by atoms with E-state index in [1.54, 1.807) is 12.1 Å². The molecule has 3 aromatic carbocycles. The summed E-state index contributed by atoms with van der Waals surface area (Å²) in [7, 11) is 0. The molecule has 0 heterocycles. The van der Waals surface area contributed by atoms with E-state index < -0.39 is 0 Å². The summed E-state index contributed by atoms with van der Waals surface area (Å²) in [5.74, 6) is 0.000904. The van der Waals surface area contributed by atoms with Crippen LogP contribution in [0.2, 0.25) is 5.02 Å². The number of hydrogen-bond acceptors (Lipinski definition) is 4. The number of phenols is 1. The summed E-state index contributed by atoms with van der Waals surface area (Å²) in [5, 5.41) is 22.0. The van der Waals surface area contributed by atoms with Gasteiger partial charge in [0.1, 0.15) is 17.1 Å². The molecule has 0 unspecified atom stereocenters. The number of halogens is 1. The van der Waals surface area contributed by atoms with Gasteiger partial charge in [-0.15, -0.1) is 10.2 Å². The second-order valence-corrected chi connectivity index (χ2v) is 5.63. The van der Waals surface area contributed by atoms with Crippen LogP contribution in [0.25, 0.3) is 0 Å². The molecular formula is C19H16ClN3O. The minimum Gasteiger partial charge on any atom is -0.506 e. The monoisotopic (exact) mass is 337 g/mol. The van der Waals surface area contributed by atoms with Crippen LogP contribution in [-0.2, 0) is 6.54 Å². The smallest absolute Gasteiger partial charge is 0.144 e. The number of para-hydroxylation sites is 1. The van der Waals surface area contributed by atoms with Crippen molar-refractivity contribution in [2.24, 2.45) is 10.2 Å². The van der Waals surface area contributed by atoms with Crippen molar-refractivity contribution in [3.05, 3.63) is 83.4 Å². The average Bonchev–Trinajstić information content (AvgIpc) is 2.61. The van der Waals surface area contributed by atoms with Crippen molar-refractivity contribution < 1.29 is 5.11 Å². The van der Waals surface area contributed by atoms with E-state index in [-0.39, 0.29) is 5.75 Å². The Kier molecular flexibility index (Phi) is 5.08. The van der Waals surface area contributed by atoms with E-state index in [0.717, 1.165) is 5.69 Å². The third-order valence-corrected chi connectivity index (χ3v) is 3.67. The van der Waals surface area contributed by atoms with Gasteiger partial charge in [-0.05, 0) is 29.8 Å². The Hall–Kier alpha value is -2.85. The van der Waals surface area contributed by atoms with E-state index in [2.05, 4.69) is 27.7 Å². The number of hydrogen-bond donors (Lipinski definition) is 2. The molecule has 120 valence electrons. The Bertz CT molecular complexity index is 850. The highest BCUT2D eigenvalue weighted by atomic mass is 35.5. The fraction of sp³-hybridized carbons (Fsp3) is 0.0526. The number of nitrogens with zero attached hydrogens (tertiary/aromatic N) is 2. The van der Waals surface area contributed by atoms with Crippen molar-refractivity contribution in [2.75, 3.05) is 5.32 Å². The first-order valence-electron chi connectivity index (χ1n) is 7.49. The Morgan fingerprint density at radius 2 is 1.54 bits per heavy atom. The lowest BCUT2D eigenvalue weighted by Gasteiger charge is -2.08. The van der Waals surface area contributed by atoms with E-state index in [9.17, 15) is 5.11 Å². The van der Waals surface area contributed by atoms with Crippen LogP contribution in [0.3, 0.4) is 0 Å². The van der Waals surface area contributed by atoms with Gasteiger partial charge in [0.25, 0.3) is 0 Å². The number of phenolic OH excluding ortho intramolecular Hbond substituents is 1. The molecule has 0 aromatic heterocycles. The standard InChI is InChI=1S/C19H16ClN3O/c20-15-10-11-18(19(24)12-15)23-22-17-9-5-4-8-16(17)21-13-14-6-2-1-3-7-14/h1-12,21,24H,13H2. The Labute approximate surface area is 145 Å². The van der Waals surface area contributed by atoms with Crippen molar-refractivity contribution in [3.63, 3.8) is 0 Å². The fourth-order valence-electron chi connectivity index (χ4n) is 2.19. The van der Waals surface area contributed by atoms with Gasteiger partial charge >= 0.3 is 0 Å². The van der Waals surface area contributed by atoms with Gasteiger partial charge in [0.15, 0.2) is 0 Å². The van der Waals surface area contributed by atoms with Crippen LogP contribution < -0.4 is 5.32 Å². The molecule has 2 N–H and O–H groups in total. The van der Waals surface area contributed by atoms with Crippen molar-refractivity contribution in [1.29, 1.82) is 0 Å². The van der Waals surface area contributed by atoms with E-state index >= 15 is 0 Å². The summed E-state index contributed by atoms with van der Waals surface area (Å²) in [6.07, 6.45) is 0. The molecule has 0 fully saturated rings. The van der Waals surface area contributed by atoms with Crippen LogP contribution in [0.1, 0.15) is 5.56 Å². The van der Waals surface area contributed by atoms with E-state index in [0.29, 0.717) is 22.9 Å². The van der Waals surface area contributed by atoms with Crippen LogP contribution in [0, 0.1) is 0 Å². The summed E-state index contributed by atoms with van der Waals surface area (Å²) in [6.45, 7) is 0.694. The van der Waals surface area contributed by atoms with Gasteiger partial charge in [0, 0.05) is 17.6 Å². The average molecular weight is 338 g/mol. The number of rotatable bonds is 5. The second kappa shape index (κ2) is 7.62. The molecule has 0 radical (unpaired) electrons. The first kappa shape index (κ1) is 16.0. The zero-order chi connectivity index (χ0) is 16.8. The normalized spacial score (nSPS) is 10.9. The maximum absolute atomic E-state index is 9.84. The SMILES string of the molecule is Oc1cc(Cl)ccc1N=Nc1ccccc1NCc1ccccc1. The van der Waals surface area contributed by atoms with Gasteiger partial charge in [0.2, 0.25) is 0 Å². The van der Waals surface area contributed by atoms with Crippen molar-refractivity contribution in [1.82, 2.24) is 0 Å². The minimum atomic E-state index is 0.000904. The minimum absolute atomic E-state index is 0.000904. The molecule has 4 nitrogen and oxygen atoms in total. The zero-order valence-electron chi connectivity index (χ0n) is 12.9. The maximum Gasteiger partial charge on any atom is 0.144 e. The Morgan fingerprint density at radius 1 is 0.833 bits per heavy atom. The predicted octanol–water partition coefficient (Wildman–Crippen LogP) is 6.07. The Morgan fingerprint density at radius 3 is 2.33 bits per heavy atom. The molecule has 0 aliphatic heterocycles. The number of anilines is 1. The van der Waals surface area contributed by atoms with Gasteiger partial charge in [-0.3, -0.25) is 0 Å². The topological polar surface area (TPSA) is 57.0 Å². The first-order chi connectivity index (χ1) is 11.7. The van der Waals surface area contributed by atoms with Crippen molar-refractivity contribution in [2.45, 2.75) is 6.54 Å². The maximum atomic E-state index is 9.84. The molecule has 0 aliphatic carbocycles. The van der Waals surface area contributed by atoms with Crippen LogP contribution in [-0.4, -0.2) is 5.11 Å². The van der Waals surface area contributed by atoms with Crippen molar-refractivity contribution >= 4 is 28.7 Å². The molecule has 0 atom stereocenters. The summed E-state index contributed by atoms with van der Waals surface area (Å²) in [5.41, 5.74) is 3.12. The first-order valence-corrected chi connectivity index (χ1v) is 7.87.